The average Bonchev–Trinajstić information content (AvgIpc) is 3.31. The molecule has 1 unspecified atom stereocenters. The van der Waals surface area contributed by atoms with Crippen molar-refractivity contribution in [2.45, 2.75) is 26.4 Å². The van der Waals surface area contributed by atoms with Gasteiger partial charge < -0.3 is 19.2 Å². The molecule has 6 nitrogen and oxygen atoms in total. The number of hydrogen-bond acceptors (Lipinski definition) is 5. The number of nitrogens with zero attached hydrogens (tertiary/aromatic N) is 1. The van der Waals surface area contributed by atoms with Crippen LogP contribution in [-0.2, 0) is 16.1 Å². The standard InChI is InChI=1S/C25H22FNO5/c1-14-12-17(7-11-19(14)31-3)23(28)21-22(20-10-4-15(2)32-20)27(25(30)24(21)29)13-16-5-8-18(26)9-6-16/h4-12,22,28H,13H2,1-3H3/b23-21-. The van der Waals surface area contributed by atoms with E-state index in [1.54, 1.807) is 56.5 Å². The van der Waals surface area contributed by atoms with E-state index in [-0.39, 0.29) is 17.9 Å². The number of aryl methyl sites for hydroxylation is 2. The van der Waals surface area contributed by atoms with Crippen molar-refractivity contribution in [3.63, 3.8) is 0 Å². The fraction of sp³-hybridized carbons (Fsp3) is 0.200. The molecule has 0 radical (unpaired) electrons. The Labute approximate surface area is 184 Å². The van der Waals surface area contributed by atoms with Gasteiger partial charge in [0.2, 0.25) is 0 Å². The van der Waals surface area contributed by atoms with E-state index in [4.69, 9.17) is 9.15 Å². The molecule has 1 saturated heterocycles. The number of Topliss-reactive ketones (excluding diaryl/α,β-unsaturated/α-hetero) is 1. The fourth-order valence-electron chi connectivity index (χ4n) is 3.91. The number of benzene rings is 2. The van der Waals surface area contributed by atoms with Gasteiger partial charge in [-0.2, -0.15) is 0 Å². The first-order valence-corrected chi connectivity index (χ1v) is 10.0. The number of carbonyl (C=O) groups is 2. The van der Waals surface area contributed by atoms with Gasteiger partial charge in [-0.3, -0.25) is 9.59 Å². The van der Waals surface area contributed by atoms with E-state index < -0.39 is 23.5 Å². The third-order valence-electron chi connectivity index (χ3n) is 5.51. The molecule has 0 spiro atoms. The normalized spacial score (nSPS) is 17.8. The summed E-state index contributed by atoms with van der Waals surface area (Å²) in [5, 5.41) is 11.1. The van der Waals surface area contributed by atoms with Gasteiger partial charge in [0, 0.05) is 12.1 Å². The second kappa shape index (κ2) is 8.34. The van der Waals surface area contributed by atoms with E-state index in [2.05, 4.69) is 0 Å². The summed E-state index contributed by atoms with van der Waals surface area (Å²) < 4.78 is 24.3. The third-order valence-corrected chi connectivity index (χ3v) is 5.51. The SMILES string of the molecule is COc1ccc(/C(O)=C2/C(=O)C(=O)N(Cc3ccc(F)cc3)C2c2ccc(C)o2)cc1C. The van der Waals surface area contributed by atoms with E-state index in [0.29, 0.717) is 28.4 Å². The first kappa shape index (κ1) is 21.4. The van der Waals surface area contributed by atoms with Gasteiger partial charge in [0.25, 0.3) is 11.7 Å². The van der Waals surface area contributed by atoms with Gasteiger partial charge in [-0.1, -0.05) is 12.1 Å². The zero-order valence-electron chi connectivity index (χ0n) is 17.9. The highest BCUT2D eigenvalue weighted by Crippen LogP contribution is 2.41. The number of ketones is 1. The van der Waals surface area contributed by atoms with Crippen molar-refractivity contribution < 1.29 is 28.2 Å². The summed E-state index contributed by atoms with van der Waals surface area (Å²) in [6.45, 7) is 3.62. The van der Waals surface area contributed by atoms with Crippen LogP contribution in [0.5, 0.6) is 5.75 Å². The monoisotopic (exact) mass is 435 g/mol. The second-order valence-electron chi connectivity index (χ2n) is 7.69. The number of hydrogen-bond donors (Lipinski definition) is 1. The third kappa shape index (κ3) is 3.77. The first-order chi connectivity index (χ1) is 15.3. The van der Waals surface area contributed by atoms with Crippen molar-refractivity contribution in [2.75, 3.05) is 7.11 Å². The first-order valence-electron chi connectivity index (χ1n) is 10.0. The summed E-state index contributed by atoms with van der Waals surface area (Å²) in [4.78, 5) is 27.3. The molecular weight excluding hydrogens is 413 g/mol. The molecule has 32 heavy (non-hydrogen) atoms. The van der Waals surface area contributed by atoms with Crippen LogP contribution in [-0.4, -0.2) is 28.8 Å². The highest BCUT2D eigenvalue weighted by atomic mass is 19.1. The lowest BCUT2D eigenvalue weighted by Gasteiger charge is -2.23. The lowest BCUT2D eigenvalue weighted by Crippen LogP contribution is -2.29. The number of carbonyl (C=O) groups excluding carboxylic acids is 2. The predicted octanol–water partition coefficient (Wildman–Crippen LogP) is 4.67. The zero-order chi connectivity index (χ0) is 23.0. The Balaban J connectivity index is 1.83. The quantitative estimate of drug-likeness (QED) is 0.358. The van der Waals surface area contributed by atoms with Crippen LogP contribution in [0.25, 0.3) is 5.76 Å². The van der Waals surface area contributed by atoms with Crippen molar-refractivity contribution in [1.29, 1.82) is 0 Å². The molecule has 0 bridgehead atoms. The van der Waals surface area contributed by atoms with Crippen molar-refractivity contribution in [3.05, 3.63) is 94.2 Å². The summed E-state index contributed by atoms with van der Waals surface area (Å²) in [5.41, 5.74) is 1.73. The molecule has 1 fully saturated rings. The lowest BCUT2D eigenvalue weighted by molar-refractivity contribution is -0.140. The number of aliphatic hydroxyl groups excluding tert-OH is 1. The molecule has 1 N–H and O–H groups in total. The zero-order valence-corrected chi connectivity index (χ0v) is 17.9. The van der Waals surface area contributed by atoms with Gasteiger partial charge in [-0.05, 0) is 67.4 Å². The van der Waals surface area contributed by atoms with E-state index in [1.807, 2.05) is 6.92 Å². The van der Waals surface area contributed by atoms with E-state index in [1.165, 1.54) is 17.0 Å². The van der Waals surface area contributed by atoms with Gasteiger partial charge in [0.1, 0.15) is 34.9 Å². The Morgan fingerprint density at radius 3 is 2.41 bits per heavy atom. The summed E-state index contributed by atoms with van der Waals surface area (Å²) in [6, 6.07) is 13.2. The molecule has 1 aliphatic heterocycles. The molecule has 3 aromatic rings. The minimum Gasteiger partial charge on any atom is -0.507 e. The minimum absolute atomic E-state index is 0.0493. The fourth-order valence-corrected chi connectivity index (χ4v) is 3.91. The number of furan rings is 1. The van der Waals surface area contributed by atoms with Gasteiger partial charge >= 0.3 is 0 Å². The molecule has 1 aromatic heterocycles. The summed E-state index contributed by atoms with van der Waals surface area (Å²) in [5.74, 6) is -0.671. The highest BCUT2D eigenvalue weighted by Gasteiger charge is 2.47. The Morgan fingerprint density at radius 2 is 1.81 bits per heavy atom. The van der Waals surface area contributed by atoms with Crippen LogP contribution in [0.1, 0.15) is 34.3 Å². The minimum atomic E-state index is -0.920. The average molecular weight is 435 g/mol. The van der Waals surface area contributed by atoms with Crippen LogP contribution < -0.4 is 4.74 Å². The van der Waals surface area contributed by atoms with Crippen LogP contribution in [0.3, 0.4) is 0 Å². The maximum Gasteiger partial charge on any atom is 0.296 e. The maximum atomic E-state index is 13.3. The topological polar surface area (TPSA) is 80.0 Å². The predicted molar refractivity (Wildman–Crippen MR) is 115 cm³/mol. The molecule has 164 valence electrons. The molecule has 1 aliphatic rings. The number of ether oxygens (including phenoxy) is 1. The smallest absolute Gasteiger partial charge is 0.296 e. The van der Waals surface area contributed by atoms with Crippen LogP contribution in [0.15, 0.2) is 64.6 Å². The Morgan fingerprint density at radius 1 is 1.09 bits per heavy atom. The Bertz CT molecular complexity index is 1230. The molecule has 2 heterocycles. The van der Waals surface area contributed by atoms with Crippen molar-refractivity contribution in [2.24, 2.45) is 0 Å². The van der Waals surface area contributed by atoms with Gasteiger partial charge in [0.05, 0.1) is 12.7 Å². The second-order valence-corrected chi connectivity index (χ2v) is 7.69. The number of aliphatic hydroxyl groups is 1. The van der Waals surface area contributed by atoms with Crippen molar-refractivity contribution >= 4 is 17.4 Å². The van der Waals surface area contributed by atoms with Crippen LogP contribution in [0, 0.1) is 19.7 Å². The molecule has 7 heteroatoms. The summed E-state index contributed by atoms with van der Waals surface area (Å²) in [7, 11) is 1.54. The maximum absolute atomic E-state index is 13.3. The molecule has 2 aromatic carbocycles. The molecule has 0 saturated carbocycles. The molecule has 1 atom stereocenters. The summed E-state index contributed by atoms with van der Waals surface area (Å²) >= 11 is 0. The van der Waals surface area contributed by atoms with Gasteiger partial charge in [-0.25, -0.2) is 4.39 Å². The Hall–Kier alpha value is -3.87. The van der Waals surface area contributed by atoms with E-state index >= 15 is 0 Å². The largest absolute Gasteiger partial charge is 0.507 e. The van der Waals surface area contributed by atoms with Crippen molar-refractivity contribution in [1.82, 2.24) is 4.90 Å². The number of amides is 1. The lowest BCUT2D eigenvalue weighted by atomic mass is 9.98. The highest BCUT2D eigenvalue weighted by molar-refractivity contribution is 6.46. The van der Waals surface area contributed by atoms with Crippen LogP contribution >= 0.6 is 0 Å². The van der Waals surface area contributed by atoms with E-state index in [0.717, 1.165) is 5.56 Å². The number of rotatable bonds is 5. The van der Waals surface area contributed by atoms with E-state index in [9.17, 15) is 19.1 Å². The number of likely N-dealkylation sites (tertiary alicyclic amines) is 1. The molecule has 1 amide bonds. The van der Waals surface area contributed by atoms with Crippen LogP contribution in [0.2, 0.25) is 0 Å². The van der Waals surface area contributed by atoms with Crippen molar-refractivity contribution in [3.8, 4) is 5.75 Å². The molecule has 0 aliphatic carbocycles. The molecular formula is C25H22FNO5. The number of methoxy groups -OCH3 is 1. The van der Waals surface area contributed by atoms with Gasteiger partial charge in [0.15, 0.2) is 0 Å². The van der Waals surface area contributed by atoms with Gasteiger partial charge in [-0.15, -0.1) is 0 Å². The Kier molecular flexibility index (Phi) is 5.57. The summed E-state index contributed by atoms with van der Waals surface area (Å²) in [6.07, 6.45) is 0. The number of halogens is 1. The molecule has 4 rings (SSSR count). The van der Waals surface area contributed by atoms with Crippen LogP contribution in [0.4, 0.5) is 4.39 Å².